The third-order valence-corrected chi connectivity index (χ3v) is 4.88. The lowest BCUT2D eigenvalue weighted by Crippen LogP contribution is -2.34. The van der Waals surface area contributed by atoms with Crippen LogP contribution in [0.25, 0.3) is 0 Å². The fourth-order valence-electron chi connectivity index (χ4n) is 2.57. The largest absolute Gasteiger partial charge is 0.488 e. The topological polar surface area (TPSA) is 79.8 Å². The molecule has 31 heavy (non-hydrogen) atoms. The van der Waals surface area contributed by atoms with Crippen LogP contribution < -0.4 is 15.5 Å². The Bertz CT molecular complexity index is 1090. The number of carbonyl (C=O) groups is 2. The summed E-state index contributed by atoms with van der Waals surface area (Å²) < 4.78 is 6.87. The number of hydrazone groups is 1. The summed E-state index contributed by atoms with van der Waals surface area (Å²) in [6, 6.07) is 21.7. The van der Waals surface area contributed by atoms with Gasteiger partial charge in [0.2, 0.25) is 0 Å². The number of ether oxygens (including phenoxy) is 1. The highest BCUT2D eigenvalue weighted by Crippen LogP contribution is 2.18. The average Bonchev–Trinajstić information content (AvgIpc) is 2.78. The van der Waals surface area contributed by atoms with E-state index in [1.807, 2.05) is 48.5 Å². The van der Waals surface area contributed by atoms with Gasteiger partial charge in [0, 0.05) is 20.6 Å². The summed E-state index contributed by atoms with van der Waals surface area (Å²) in [4.78, 5) is 24.0. The summed E-state index contributed by atoms with van der Waals surface area (Å²) in [5.41, 5.74) is 4.50. The highest BCUT2D eigenvalue weighted by Gasteiger charge is 2.08. The number of carbonyl (C=O) groups excluding carboxylic acids is 2. The van der Waals surface area contributed by atoms with Crippen molar-refractivity contribution in [3.8, 4) is 5.75 Å². The van der Waals surface area contributed by atoms with Crippen molar-refractivity contribution in [2.45, 2.75) is 6.61 Å². The second-order valence-corrected chi connectivity index (χ2v) is 7.79. The van der Waals surface area contributed by atoms with E-state index in [-0.39, 0.29) is 6.54 Å². The molecule has 6 nitrogen and oxygen atoms in total. The molecule has 0 fully saturated rings. The zero-order valence-corrected chi connectivity index (χ0v) is 18.7. The zero-order chi connectivity index (χ0) is 22.1. The molecule has 3 aromatic rings. The van der Waals surface area contributed by atoms with Crippen LogP contribution in [0.4, 0.5) is 0 Å². The molecule has 0 radical (unpaired) electrons. The maximum Gasteiger partial charge on any atom is 0.259 e. The average molecular weight is 501 g/mol. The van der Waals surface area contributed by atoms with Gasteiger partial charge in [0.15, 0.2) is 0 Å². The van der Waals surface area contributed by atoms with Crippen molar-refractivity contribution in [2.75, 3.05) is 6.54 Å². The van der Waals surface area contributed by atoms with Crippen molar-refractivity contribution in [3.63, 3.8) is 0 Å². The third kappa shape index (κ3) is 7.24. The van der Waals surface area contributed by atoms with Gasteiger partial charge in [-0.2, -0.15) is 5.10 Å². The van der Waals surface area contributed by atoms with Gasteiger partial charge in [-0.1, -0.05) is 57.9 Å². The molecule has 0 unspecified atom stereocenters. The Morgan fingerprint density at radius 1 is 1.03 bits per heavy atom. The second-order valence-electron chi connectivity index (χ2n) is 6.44. The lowest BCUT2D eigenvalue weighted by Gasteiger charge is -2.09. The van der Waals surface area contributed by atoms with Crippen LogP contribution in [-0.4, -0.2) is 24.6 Å². The van der Waals surface area contributed by atoms with Gasteiger partial charge in [-0.05, 0) is 48.0 Å². The molecule has 3 aromatic carbocycles. The molecule has 0 aliphatic carbocycles. The molecule has 8 heteroatoms. The van der Waals surface area contributed by atoms with Gasteiger partial charge in [-0.15, -0.1) is 0 Å². The van der Waals surface area contributed by atoms with E-state index >= 15 is 0 Å². The number of nitrogens with zero attached hydrogens (tertiary/aromatic N) is 1. The number of halogens is 2. The number of hydrogen-bond donors (Lipinski definition) is 2. The SMILES string of the molecule is O=C(CNC(=O)c1cccc(Cl)c1)N/N=C\c1ccccc1OCc1ccc(Br)cc1. The van der Waals surface area contributed by atoms with E-state index in [2.05, 4.69) is 31.8 Å². The van der Waals surface area contributed by atoms with E-state index in [9.17, 15) is 9.59 Å². The van der Waals surface area contributed by atoms with Crippen molar-refractivity contribution < 1.29 is 14.3 Å². The smallest absolute Gasteiger partial charge is 0.259 e. The van der Waals surface area contributed by atoms with Crippen LogP contribution in [0.1, 0.15) is 21.5 Å². The summed E-state index contributed by atoms with van der Waals surface area (Å²) in [7, 11) is 0. The predicted octanol–water partition coefficient (Wildman–Crippen LogP) is 4.56. The lowest BCUT2D eigenvalue weighted by molar-refractivity contribution is -0.120. The monoisotopic (exact) mass is 499 g/mol. The molecule has 2 amide bonds. The van der Waals surface area contributed by atoms with Gasteiger partial charge >= 0.3 is 0 Å². The minimum Gasteiger partial charge on any atom is -0.488 e. The first-order valence-corrected chi connectivity index (χ1v) is 10.5. The van der Waals surface area contributed by atoms with Gasteiger partial charge in [0.25, 0.3) is 11.8 Å². The van der Waals surface area contributed by atoms with Crippen molar-refractivity contribution >= 4 is 45.6 Å². The van der Waals surface area contributed by atoms with Crippen LogP contribution in [0.3, 0.4) is 0 Å². The Labute approximate surface area is 193 Å². The van der Waals surface area contributed by atoms with Gasteiger partial charge in [0.1, 0.15) is 12.4 Å². The number of amides is 2. The Morgan fingerprint density at radius 3 is 2.58 bits per heavy atom. The van der Waals surface area contributed by atoms with Crippen LogP contribution in [0, 0.1) is 0 Å². The summed E-state index contributed by atoms with van der Waals surface area (Å²) >= 11 is 9.27. The van der Waals surface area contributed by atoms with Crippen LogP contribution in [0.15, 0.2) is 82.4 Å². The summed E-state index contributed by atoms with van der Waals surface area (Å²) in [5.74, 6) is -0.217. The number of rotatable bonds is 8. The molecule has 0 heterocycles. The summed E-state index contributed by atoms with van der Waals surface area (Å²) in [6.45, 7) is 0.185. The number of para-hydroxylation sites is 1. The van der Waals surface area contributed by atoms with Crippen molar-refractivity contribution in [1.82, 2.24) is 10.7 Å². The Hall–Kier alpha value is -3.16. The van der Waals surface area contributed by atoms with Crippen LogP contribution in [0.5, 0.6) is 5.75 Å². The van der Waals surface area contributed by atoms with Crippen molar-refractivity contribution in [3.05, 3.63) is 99.0 Å². The van der Waals surface area contributed by atoms with E-state index in [1.165, 1.54) is 12.3 Å². The Kier molecular flexibility index (Phi) is 8.20. The molecule has 158 valence electrons. The number of hydrogen-bond acceptors (Lipinski definition) is 4. The fourth-order valence-corrected chi connectivity index (χ4v) is 3.02. The number of nitrogens with one attached hydrogen (secondary N) is 2. The Morgan fingerprint density at radius 2 is 1.81 bits per heavy atom. The molecule has 2 N–H and O–H groups in total. The highest BCUT2D eigenvalue weighted by atomic mass is 79.9. The first-order chi connectivity index (χ1) is 15.0. The predicted molar refractivity (Wildman–Crippen MR) is 124 cm³/mol. The highest BCUT2D eigenvalue weighted by molar-refractivity contribution is 9.10. The Balaban J connectivity index is 1.50. The molecule has 0 aliphatic rings. The van der Waals surface area contributed by atoms with Gasteiger partial charge in [0.05, 0.1) is 12.8 Å². The molecule has 0 bridgehead atoms. The van der Waals surface area contributed by atoms with Crippen molar-refractivity contribution in [2.24, 2.45) is 5.10 Å². The van der Waals surface area contributed by atoms with E-state index in [1.54, 1.807) is 18.2 Å². The van der Waals surface area contributed by atoms with Gasteiger partial charge in [-0.3, -0.25) is 9.59 Å². The van der Waals surface area contributed by atoms with E-state index in [4.69, 9.17) is 16.3 Å². The van der Waals surface area contributed by atoms with Gasteiger partial charge < -0.3 is 10.1 Å². The summed E-state index contributed by atoms with van der Waals surface area (Å²) in [6.07, 6.45) is 1.49. The number of benzene rings is 3. The molecule has 0 saturated heterocycles. The standard InChI is InChI=1S/C23H19BrClN3O3/c24-19-10-8-16(9-11-19)15-31-21-7-2-1-4-18(21)13-27-28-22(29)14-26-23(30)17-5-3-6-20(25)12-17/h1-13H,14-15H2,(H,26,30)(H,28,29)/b27-13-. The van der Waals surface area contributed by atoms with Crippen LogP contribution in [0.2, 0.25) is 5.02 Å². The van der Waals surface area contributed by atoms with E-state index < -0.39 is 11.8 Å². The molecule has 0 atom stereocenters. The molecular formula is C23H19BrClN3O3. The maximum absolute atomic E-state index is 12.0. The molecule has 0 spiro atoms. The van der Waals surface area contributed by atoms with E-state index in [0.29, 0.717) is 28.5 Å². The third-order valence-electron chi connectivity index (χ3n) is 4.12. The first-order valence-electron chi connectivity index (χ1n) is 9.33. The quantitative estimate of drug-likeness (QED) is 0.351. The van der Waals surface area contributed by atoms with Crippen LogP contribution >= 0.6 is 27.5 Å². The molecule has 0 saturated carbocycles. The second kappa shape index (κ2) is 11.3. The van der Waals surface area contributed by atoms with E-state index in [0.717, 1.165) is 10.0 Å². The summed E-state index contributed by atoms with van der Waals surface area (Å²) in [5, 5.41) is 6.91. The maximum atomic E-state index is 12.0. The molecule has 0 aliphatic heterocycles. The minimum absolute atomic E-state index is 0.218. The normalized spacial score (nSPS) is 10.6. The first kappa shape index (κ1) is 22.5. The zero-order valence-electron chi connectivity index (χ0n) is 16.3. The van der Waals surface area contributed by atoms with Crippen molar-refractivity contribution in [1.29, 1.82) is 0 Å². The molecule has 3 rings (SSSR count). The molecular weight excluding hydrogens is 482 g/mol. The van der Waals surface area contributed by atoms with Crippen LogP contribution in [-0.2, 0) is 11.4 Å². The fraction of sp³-hybridized carbons (Fsp3) is 0.0870. The molecule has 0 aromatic heterocycles. The van der Waals surface area contributed by atoms with Gasteiger partial charge in [-0.25, -0.2) is 5.43 Å². The lowest BCUT2D eigenvalue weighted by atomic mass is 10.2. The minimum atomic E-state index is -0.458.